The molecule has 0 spiro atoms. The lowest BCUT2D eigenvalue weighted by atomic mass is 10.1. The number of nitro benzene ring substituents is 1. The van der Waals surface area contributed by atoms with Crippen LogP contribution >= 0.6 is 0 Å². The van der Waals surface area contributed by atoms with Gasteiger partial charge in [0, 0.05) is 23.4 Å². The number of amides is 5. The standard InChI is InChI=1S/C26H20N4O7/c1-16-6-4-8-18(12-16)27-23(31)15-37-22-11-3-2-7-17(22)13-21-24(32)28-26(34)29(25(21)33)19-9-5-10-20(14-19)30(35)36/h2-14H,15H2,1H3,(H,27,31)(H,28,32,34)/b21-13+. The number of rotatable bonds is 7. The molecule has 186 valence electrons. The number of carbonyl (C=O) groups excluding carboxylic acids is 4. The zero-order valence-corrected chi connectivity index (χ0v) is 19.5. The molecule has 1 aliphatic heterocycles. The number of carbonyl (C=O) groups is 4. The Hall–Kier alpha value is -5.32. The molecule has 1 aliphatic rings. The number of benzene rings is 3. The molecule has 1 heterocycles. The van der Waals surface area contributed by atoms with Gasteiger partial charge in [0.2, 0.25) is 0 Å². The highest BCUT2D eigenvalue weighted by molar-refractivity contribution is 6.39. The summed E-state index contributed by atoms with van der Waals surface area (Å²) in [6.45, 7) is 1.55. The van der Waals surface area contributed by atoms with Crippen LogP contribution in [-0.2, 0) is 14.4 Å². The summed E-state index contributed by atoms with van der Waals surface area (Å²) in [5, 5.41) is 15.9. The van der Waals surface area contributed by atoms with E-state index in [0.29, 0.717) is 16.2 Å². The molecule has 1 fully saturated rings. The van der Waals surface area contributed by atoms with E-state index < -0.39 is 34.2 Å². The van der Waals surface area contributed by atoms with Crippen molar-refractivity contribution >= 4 is 46.9 Å². The molecule has 5 amide bonds. The minimum atomic E-state index is -1.04. The molecule has 0 radical (unpaired) electrons. The van der Waals surface area contributed by atoms with Gasteiger partial charge in [0.1, 0.15) is 11.3 Å². The van der Waals surface area contributed by atoms with Gasteiger partial charge in [0.25, 0.3) is 23.4 Å². The molecule has 0 aromatic heterocycles. The Morgan fingerprint density at radius 3 is 2.57 bits per heavy atom. The number of hydrogen-bond acceptors (Lipinski definition) is 7. The second kappa shape index (κ2) is 10.5. The number of para-hydroxylation sites is 1. The Balaban J connectivity index is 1.56. The van der Waals surface area contributed by atoms with Crippen LogP contribution in [0.25, 0.3) is 6.08 Å². The van der Waals surface area contributed by atoms with Crippen molar-refractivity contribution in [3.8, 4) is 5.75 Å². The second-order valence-electron chi connectivity index (χ2n) is 7.98. The largest absolute Gasteiger partial charge is 0.483 e. The van der Waals surface area contributed by atoms with E-state index >= 15 is 0 Å². The van der Waals surface area contributed by atoms with Gasteiger partial charge in [-0.1, -0.05) is 36.4 Å². The molecule has 0 saturated carbocycles. The quantitative estimate of drug-likeness (QED) is 0.218. The summed E-state index contributed by atoms with van der Waals surface area (Å²) in [7, 11) is 0. The molecule has 4 rings (SSSR count). The SMILES string of the molecule is Cc1cccc(NC(=O)COc2ccccc2/C=C2\C(=O)NC(=O)N(c3cccc([N+](=O)[O-])c3)C2=O)c1. The highest BCUT2D eigenvalue weighted by Gasteiger charge is 2.37. The lowest BCUT2D eigenvalue weighted by molar-refractivity contribution is -0.384. The molecule has 3 aromatic rings. The molecule has 11 heteroatoms. The number of non-ortho nitro benzene ring substituents is 1. The predicted octanol–water partition coefficient (Wildman–Crippen LogP) is 3.59. The molecule has 0 bridgehead atoms. The van der Waals surface area contributed by atoms with Crippen molar-refractivity contribution in [2.75, 3.05) is 16.8 Å². The average Bonchev–Trinajstić information content (AvgIpc) is 2.86. The maximum atomic E-state index is 13.1. The fraction of sp³-hybridized carbons (Fsp3) is 0.0769. The topological polar surface area (TPSA) is 148 Å². The van der Waals surface area contributed by atoms with Crippen molar-refractivity contribution in [3.05, 3.63) is 99.6 Å². The summed E-state index contributed by atoms with van der Waals surface area (Å²) < 4.78 is 5.63. The van der Waals surface area contributed by atoms with E-state index in [2.05, 4.69) is 10.6 Å². The smallest absolute Gasteiger partial charge is 0.335 e. The number of hydrogen-bond donors (Lipinski definition) is 2. The van der Waals surface area contributed by atoms with Crippen LogP contribution in [0.4, 0.5) is 21.9 Å². The van der Waals surface area contributed by atoms with Crippen LogP contribution in [0.5, 0.6) is 5.75 Å². The van der Waals surface area contributed by atoms with Crippen molar-refractivity contribution in [3.63, 3.8) is 0 Å². The predicted molar refractivity (Wildman–Crippen MR) is 134 cm³/mol. The maximum absolute atomic E-state index is 13.1. The number of nitro groups is 1. The molecule has 1 saturated heterocycles. The second-order valence-corrected chi connectivity index (χ2v) is 7.98. The Kier molecular flexibility index (Phi) is 7.05. The summed E-state index contributed by atoms with van der Waals surface area (Å²) in [6, 6.07) is 17.5. The number of nitrogens with one attached hydrogen (secondary N) is 2. The van der Waals surface area contributed by atoms with Crippen molar-refractivity contribution in [1.82, 2.24) is 5.32 Å². The zero-order valence-electron chi connectivity index (χ0n) is 19.5. The molecule has 0 atom stereocenters. The minimum absolute atomic E-state index is 0.0764. The van der Waals surface area contributed by atoms with Gasteiger partial charge in [-0.05, 0) is 42.8 Å². The summed E-state index contributed by atoms with van der Waals surface area (Å²) in [4.78, 5) is 61.5. The van der Waals surface area contributed by atoms with Crippen molar-refractivity contribution < 1.29 is 28.8 Å². The number of nitrogens with zero attached hydrogens (tertiary/aromatic N) is 2. The van der Waals surface area contributed by atoms with E-state index in [1.54, 1.807) is 42.5 Å². The molecule has 2 N–H and O–H groups in total. The highest BCUT2D eigenvalue weighted by Crippen LogP contribution is 2.27. The van der Waals surface area contributed by atoms with Gasteiger partial charge in [-0.2, -0.15) is 0 Å². The molecular formula is C26H20N4O7. The molecular weight excluding hydrogens is 480 g/mol. The third-order valence-electron chi connectivity index (χ3n) is 5.28. The van der Waals surface area contributed by atoms with E-state index in [9.17, 15) is 29.3 Å². The highest BCUT2D eigenvalue weighted by atomic mass is 16.6. The van der Waals surface area contributed by atoms with Gasteiger partial charge >= 0.3 is 6.03 Å². The summed E-state index contributed by atoms with van der Waals surface area (Å²) in [5.41, 5.74) is 1.09. The first kappa shape index (κ1) is 24.8. The Morgan fingerprint density at radius 2 is 1.81 bits per heavy atom. The Morgan fingerprint density at radius 1 is 1.05 bits per heavy atom. The number of anilines is 2. The number of urea groups is 1. The van der Waals surface area contributed by atoms with E-state index in [-0.39, 0.29) is 23.7 Å². The number of aryl methyl sites for hydroxylation is 1. The van der Waals surface area contributed by atoms with Gasteiger partial charge < -0.3 is 10.1 Å². The first-order chi connectivity index (χ1) is 17.7. The van der Waals surface area contributed by atoms with Crippen LogP contribution < -0.4 is 20.3 Å². The number of imide groups is 2. The summed E-state index contributed by atoms with van der Waals surface area (Å²) >= 11 is 0. The average molecular weight is 500 g/mol. The van der Waals surface area contributed by atoms with Gasteiger partial charge in [-0.3, -0.25) is 29.8 Å². The van der Waals surface area contributed by atoms with E-state index in [0.717, 1.165) is 11.6 Å². The maximum Gasteiger partial charge on any atom is 0.335 e. The Labute approximate surface area is 210 Å². The van der Waals surface area contributed by atoms with Crippen molar-refractivity contribution in [2.45, 2.75) is 6.92 Å². The van der Waals surface area contributed by atoms with Crippen LogP contribution in [0.1, 0.15) is 11.1 Å². The monoisotopic (exact) mass is 500 g/mol. The van der Waals surface area contributed by atoms with Crippen molar-refractivity contribution in [2.24, 2.45) is 0 Å². The molecule has 0 aliphatic carbocycles. The number of ether oxygens (including phenoxy) is 1. The van der Waals surface area contributed by atoms with E-state index in [1.807, 2.05) is 13.0 Å². The summed E-state index contributed by atoms with van der Waals surface area (Å²) in [6.07, 6.45) is 1.22. The van der Waals surface area contributed by atoms with Gasteiger partial charge in [0.15, 0.2) is 6.61 Å². The fourth-order valence-corrected chi connectivity index (χ4v) is 3.59. The van der Waals surface area contributed by atoms with Crippen LogP contribution in [0.2, 0.25) is 0 Å². The fourth-order valence-electron chi connectivity index (χ4n) is 3.59. The number of barbiturate groups is 1. The van der Waals surface area contributed by atoms with Crippen LogP contribution in [0.15, 0.2) is 78.4 Å². The summed E-state index contributed by atoms with van der Waals surface area (Å²) in [5.74, 6) is -2.11. The molecule has 0 unspecified atom stereocenters. The molecule has 11 nitrogen and oxygen atoms in total. The van der Waals surface area contributed by atoms with Crippen LogP contribution in [0, 0.1) is 17.0 Å². The van der Waals surface area contributed by atoms with Crippen molar-refractivity contribution in [1.29, 1.82) is 0 Å². The third kappa shape index (κ3) is 5.68. The Bertz CT molecular complexity index is 1460. The van der Waals surface area contributed by atoms with Crippen LogP contribution in [-0.4, -0.2) is 35.3 Å². The van der Waals surface area contributed by atoms with E-state index in [4.69, 9.17) is 4.74 Å². The third-order valence-corrected chi connectivity index (χ3v) is 5.28. The normalized spacial score (nSPS) is 14.4. The molecule has 37 heavy (non-hydrogen) atoms. The van der Waals surface area contributed by atoms with E-state index in [1.165, 1.54) is 24.3 Å². The first-order valence-electron chi connectivity index (χ1n) is 11.0. The minimum Gasteiger partial charge on any atom is -0.483 e. The first-order valence-corrected chi connectivity index (χ1v) is 11.0. The molecule has 3 aromatic carbocycles. The zero-order chi connectivity index (χ0) is 26.5. The lowest BCUT2D eigenvalue weighted by Gasteiger charge is -2.26. The van der Waals surface area contributed by atoms with Gasteiger partial charge in [-0.25, -0.2) is 9.69 Å². The van der Waals surface area contributed by atoms with Crippen LogP contribution in [0.3, 0.4) is 0 Å². The van der Waals surface area contributed by atoms with Gasteiger partial charge in [0.05, 0.1) is 10.6 Å². The lowest BCUT2D eigenvalue weighted by Crippen LogP contribution is -2.54. The van der Waals surface area contributed by atoms with Gasteiger partial charge in [-0.15, -0.1) is 0 Å².